The Morgan fingerprint density at radius 1 is 0.278 bits per heavy atom. The van der Waals surface area contributed by atoms with Gasteiger partial charge in [0.25, 0.3) is 0 Å². The van der Waals surface area contributed by atoms with E-state index in [9.17, 15) is 0 Å². The third-order valence-electron chi connectivity index (χ3n) is 10.3. The van der Waals surface area contributed by atoms with Crippen molar-refractivity contribution in [3.63, 3.8) is 0 Å². The summed E-state index contributed by atoms with van der Waals surface area (Å²) in [5.74, 6) is 1.83. The number of benzene rings is 8. The number of hydrogen-bond donors (Lipinski definition) is 0. The quantitative estimate of drug-likeness (QED) is 0.180. The molecular weight excluding hydrogens is 663 g/mol. The van der Waals surface area contributed by atoms with Gasteiger partial charge in [-0.15, -0.1) is 0 Å². The minimum absolute atomic E-state index is 0.592. The van der Waals surface area contributed by atoms with E-state index in [0.717, 1.165) is 93.6 Å². The van der Waals surface area contributed by atoms with Gasteiger partial charge in [0.1, 0.15) is 22.3 Å². The second-order valence-corrected chi connectivity index (χ2v) is 13.6. The van der Waals surface area contributed by atoms with Crippen molar-refractivity contribution in [2.24, 2.45) is 0 Å². The molecule has 0 N–H and O–H groups in total. The van der Waals surface area contributed by atoms with Crippen molar-refractivity contribution < 1.29 is 8.83 Å². The first-order chi connectivity index (χ1) is 26.7. The van der Waals surface area contributed by atoms with E-state index in [2.05, 4.69) is 115 Å². The number of nitrogens with zero attached hydrogens (tertiary/aromatic N) is 3. The standard InChI is InChI=1S/C49H29N3O2/c1-2-12-31(13-3-1)47-50-48(52-49(51-47)41-18-10-14-30-11-4-5-15-37(30)41)36-26-34(32-22-24-45-42(28-32)39-17-7-9-20-44(39)53-45)25-35(27-36)33-21-23-40-38-16-6-8-19-43(38)54-46(40)29-33/h1-29H. The summed E-state index contributed by atoms with van der Waals surface area (Å²) in [6, 6.07) is 60.6. The second kappa shape index (κ2) is 12.1. The average molecular weight is 692 g/mol. The largest absolute Gasteiger partial charge is 0.456 e. The maximum absolute atomic E-state index is 6.35. The highest BCUT2D eigenvalue weighted by Crippen LogP contribution is 2.39. The maximum Gasteiger partial charge on any atom is 0.164 e. The number of fused-ring (bicyclic) bond motifs is 7. The molecular formula is C49H29N3O2. The molecule has 0 unspecified atom stereocenters. The molecule has 252 valence electrons. The molecule has 0 radical (unpaired) electrons. The van der Waals surface area contributed by atoms with E-state index in [1.54, 1.807) is 0 Å². The minimum atomic E-state index is 0.592. The molecule has 5 heteroatoms. The lowest BCUT2D eigenvalue weighted by molar-refractivity contribution is 0.668. The van der Waals surface area contributed by atoms with Gasteiger partial charge < -0.3 is 8.83 Å². The number of furan rings is 2. The van der Waals surface area contributed by atoms with Gasteiger partial charge in [-0.2, -0.15) is 0 Å². The van der Waals surface area contributed by atoms with Crippen LogP contribution in [0.4, 0.5) is 0 Å². The lowest BCUT2D eigenvalue weighted by atomic mass is 9.94. The van der Waals surface area contributed by atoms with Gasteiger partial charge in [-0.25, -0.2) is 15.0 Å². The van der Waals surface area contributed by atoms with E-state index in [1.807, 2.05) is 60.7 Å². The van der Waals surface area contributed by atoms with E-state index >= 15 is 0 Å². The van der Waals surface area contributed by atoms with Gasteiger partial charge in [0, 0.05) is 38.2 Å². The maximum atomic E-state index is 6.35. The molecule has 0 aliphatic carbocycles. The van der Waals surface area contributed by atoms with Gasteiger partial charge >= 0.3 is 0 Å². The third-order valence-corrected chi connectivity index (χ3v) is 10.3. The van der Waals surface area contributed by atoms with Crippen LogP contribution in [0.2, 0.25) is 0 Å². The second-order valence-electron chi connectivity index (χ2n) is 13.6. The summed E-state index contributed by atoms with van der Waals surface area (Å²) in [6.07, 6.45) is 0. The molecule has 54 heavy (non-hydrogen) atoms. The fourth-order valence-electron chi connectivity index (χ4n) is 7.66. The molecule has 0 aliphatic rings. The molecule has 3 heterocycles. The molecule has 0 saturated heterocycles. The average Bonchev–Trinajstić information content (AvgIpc) is 3.81. The van der Waals surface area contributed by atoms with Crippen LogP contribution in [0.5, 0.6) is 0 Å². The lowest BCUT2D eigenvalue weighted by Gasteiger charge is -2.13. The van der Waals surface area contributed by atoms with E-state index in [-0.39, 0.29) is 0 Å². The molecule has 0 bridgehead atoms. The van der Waals surface area contributed by atoms with Gasteiger partial charge in [-0.1, -0.05) is 121 Å². The summed E-state index contributed by atoms with van der Waals surface area (Å²) in [5.41, 5.74) is 10.4. The van der Waals surface area contributed by atoms with E-state index in [0.29, 0.717) is 17.5 Å². The van der Waals surface area contributed by atoms with Gasteiger partial charge in [0.2, 0.25) is 0 Å². The van der Waals surface area contributed by atoms with Gasteiger partial charge in [-0.3, -0.25) is 0 Å². The van der Waals surface area contributed by atoms with Crippen LogP contribution in [-0.4, -0.2) is 15.0 Å². The van der Waals surface area contributed by atoms with Crippen molar-refractivity contribution in [2.75, 3.05) is 0 Å². The Morgan fingerprint density at radius 2 is 0.815 bits per heavy atom. The number of rotatable bonds is 5. The van der Waals surface area contributed by atoms with Crippen LogP contribution in [0, 0.1) is 0 Å². The predicted molar refractivity (Wildman–Crippen MR) is 219 cm³/mol. The molecule has 3 aromatic heterocycles. The van der Waals surface area contributed by atoms with Gasteiger partial charge in [0.05, 0.1) is 0 Å². The molecule has 11 aromatic rings. The van der Waals surface area contributed by atoms with Crippen LogP contribution in [0.15, 0.2) is 185 Å². The van der Waals surface area contributed by atoms with Crippen molar-refractivity contribution in [3.05, 3.63) is 176 Å². The zero-order chi connectivity index (χ0) is 35.6. The molecule has 0 amide bonds. The Bertz CT molecular complexity index is 3230. The molecule has 0 spiro atoms. The first-order valence-electron chi connectivity index (χ1n) is 18.0. The highest BCUT2D eigenvalue weighted by molar-refractivity contribution is 6.07. The van der Waals surface area contributed by atoms with Crippen LogP contribution in [0.1, 0.15) is 0 Å². The Hall–Kier alpha value is -7.37. The van der Waals surface area contributed by atoms with Crippen molar-refractivity contribution >= 4 is 54.6 Å². The molecule has 0 atom stereocenters. The minimum Gasteiger partial charge on any atom is -0.456 e. The van der Waals surface area contributed by atoms with Crippen LogP contribution < -0.4 is 0 Å². The molecule has 0 aliphatic heterocycles. The Balaban J connectivity index is 1.16. The van der Waals surface area contributed by atoms with E-state index in [1.165, 1.54) is 0 Å². The van der Waals surface area contributed by atoms with Crippen molar-refractivity contribution in [1.82, 2.24) is 15.0 Å². The third kappa shape index (κ3) is 5.06. The first kappa shape index (κ1) is 30.3. The molecule has 0 saturated carbocycles. The van der Waals surface area contributed by atoms with Gasteiger partial charge in [0.15, 0.2) is 17.5 Å². The monoisotopic (exact) mass is 691 g/mol. The summed E-state index contributed by atoms with van der Waals surface area (Å²) < 4.78 is 12.5. The lowest BCUT2D eigenvalue weighted by Crippen LogP contribution is -2.01. The van der Waals surface area contributed by atoms with Crippen molar-refractivity contribution in [3.8, 4) is 56.4 Å². The Morgan fingerprint density at radius 3 is 1.61 bits per heavy atom. The highest BCUT2D eigenvalue weighted by Gasteiger charge is 2.18. The van der Waals surface area contributed by atoms with Gasteiger partial charge in [-0.05, 0) is 87.6 Å². The normalized spacial score (nSPS) is 11.7. The zero-order valence-electron chi connectivity index (χ0n) is 28.9. The summed E-state index contributed by atoms with van der Waals surface area (Å²) in [4.78, 5) is 15.5. The topological polar surface area (TPSA) is 65.0 Å². The fraction of sp³-hybridized carbons (Fsp3) is 0. The SMILES string of the molecule is c1ccc(-c2nc(-c3cc(-c4ccc5c(c4)oc4ccccc45)cc(-c4ccc5oc6ccccc6c5c4)c3)nc(-c3cccc4ccccc34)n2)cc1. The first-order valence-corrected chi connectivity index (χ1v) is 18.0. The Labute approximate surface area is 309 Å². The van der Waals surface area contributed by atoms with E-state index in [4.69, 9.17) is 23.8 Å². The fourth-order valence-corrected chi connectivity index (χ4v) is 7.66. The Kier molecular flexibility index (Phi) is 6.79. The number of para-hydroxylation sites is 2. The number of aromatic nitrogens is 3. The molecule has 0 fully saturated rings. The zero-order valence-corrected chi connectivity index (χ0v) is 28.9. The van der Waals surface area contributed by atoms with Crippen LogP contribution in [0.25, 0.3) is 111 Å². The molecule has 8 aromatic carbocycles. The van der Waals surface area contributed by atoms with Crippen molar-refractivity contribution in [2.45, 2.75) is 0 Å². The number of hydrogen-bond acceptors (Lipinski definition) is 5. The molecule has 5 nitrogen and oxygen atoms in total. The molecule has 11 rings (SSSR count). The highest BCUT2D eigenvalue weighted by atomic mass is 16.3. The summed E-state index contributed by atoms with van der Waals surface area (Å²) in [5, 5.41) is 6.58. The predicted octanol–water partition coefficient (Wildman–Crippen LogP) is 13.2. The van der Waals surface area contributed by atoms with Crippen LogP contribution >= 0.6 is 0 Å². The summed E-state index contributed by atoms with van der Waals surface area (Å²) in [7, 11) is 0. The smallest absolute Gasteiger partial charge is 0.164 e. The van der Waals surface area contributed by atoms with Crippen LogP contribution in [0.3, 0.4) is 0 Å². The summed E-state index contributed by atoms with van der Waals surface area (Å²) in [6.45, 7) is 0. The van der Waals surface area contributed by atoms with Crippen LogP contribution in [-0.2, 0) is 0 Å². The van der Waals surface area contributed by atoms with Crippen molar-refractivity contribution in [1.29, 1.82) is 0 Å². The summed E-state index contributed by atoms with van der Waals surface area (Å²) >= 11 is 0. The van der Waals surface area contributed by atoms with E-state index < -0.39 is 0 Å².